The molecule has 1 heterocycles. The molecule has 1 rings (SSSR count). The molecule has 0 aliphatic rings. The van der Waals surface area contributed by atoms with Crippen LogP contribution in [0.3, 0.4) is 0 Å². The van der Waals surface area contributed by atoms with Crippen molar-refractivity contribution in [1.82, 2.24) is 20.8 Å². The van der Waals surface area contributed by atoms with Gasteiger partial charge in [0, 0.05) is 20.0 Å². The second-order valence-electron chi connectivity index (χ2n) is 4.33. The van der Waals surface area contributed by atoms with Crippen LogP contribution in [0.1, 0.15) is 32.5 Å². The summed E-state index contributed by atoms with van der Waals surface area (Å²) in [6.45, 7) is 8.71. The summed E-state index contributed by atoms with van der Waals surface area (Å²) in [5.41, 5.74) is 0. The number of guanidine groups is 1. The lowest BCUT2D eigenvalue weighted by Crippen LogP contribution is -2.44. The molecule has 0 aliphatic carbocycles. The molecule has 18 heavy (non-hydrogen) atoms. The molecule has 0 spiro atoms. The van der Waals surface area contributed by atoms with E-state index in [9.17, 15) is 0 Å². The van der Waals surface area contributed by atoms with Crippen molar-refractivity contribution < 1.29 is 4.52 Å². The fourth-order valence-corrected chi connectivity index (χ4v) is 1.15. The van der Waals surface area contributed by atoms with E-state index in [2.05, 4.69) is 46.5 Å². The molecule has 1 unspecified atom stereocenters. The second-order valence-corrected chi connectivity index (χ2v) is 4.33. The van der Waals surface area contributed by atoms with Crippen molar-refractivity contribution in [3.8, 4) is 0 Å². The number of nitrogens with one attached hydrogen (secondary N) is 2. The normalized spacial score (nSPS) is 13.1. The van der Waals surface area contributed by atoms with Gasteiger partial charge in [-0.05, 0) is 12.8 Å². The van der Waals surface area contributed by atoms with Gasteiger partial charge in [0.2, 0.25) is 5.89 Å². The molecule has 0 aliphatic heterocycles. The number of aryl methyl sites for hydroxylation is 1. The molecule has 0 aromatic carbocycles. The van der Waals surface area contributed by atoms with E-state index in [4.69, 9.17) is 4.52 Å². The van der Waals surface area contributed by atoms with E-state index in [1.54, 1.807) is 14.0 Å². The zero-order chi connectivity index (χ0) is 12.8. The largest absolute Gasteiger partial charge is 0.354 e. The van der Waals surface area contributed by atoms with Gasteiger partial charge >= 0.3 is 0 Å². The minimum absolute atomic E-state index is 0. The number of aliphatic imine (C=N–C) groups is 1. The Labute approximate surface area is 125 Å². The van der Waals surface area contributed by atoms with E-state index >= 15 is 0 Å². The smallest absolute Gasteiger partial charge is 0.223 e. The Morgan fingerprint density at radius 2 is 2.06 bits per heavy atom. The van der Waals surface area contributed by atoms with E-state index in [0.29, 0.717) is 30.2 Å². The molecular weight excluding hydrogens is 345 g/mol. The van der Waals surface area contributed by atoms with Crippen molar-refractivity contribution in [2.24, 2.45) is 10.9 Å². The Morgan fingerprint density at radius 1 is 1.39 bits per heavy atom. The fraction of sp³-hybridized carbons (Fsp3) is 0.727. The first-order valence-electron chi connectivity index (χ1n) is 5.79. The Hall–Kier alpha value is -0.860. The van der Waals surface area contributed by atoms with Gasteiger partial charge in [-0.3, -0.25) is 4.99 Å². The quantitative estimate of drug-likeness (QED) is 0.482. The molecule has 1 aromatic heterocycles. The molecular formula is C11H22IN5O. The molecule has 7 heteroatoms. The number of aromatic nitrogens is 2. The summed E-state index contributed by atoms with van der Waals surface area (Å²) in [6.07, 6.45) is 0. The number of rotatable bonds is 4. The van der Waals surface area contributed by atoms with E-state index < -0.39 is 0 Å². The van der Waals surface area contributed by atoms with Crippen molar-refractivity contribution in [2.75, 3.05) is 7.05 Å². The summed E-state index contributed by atoms with van der Waals surface area (Å²) in [5, 5.41) is 10.2. The van der Waals surface area contributed by atoms with Gasteiger partial charge in [-0.2, -0.15) is 4.98 Å². The molecule has 2 N–H and O–H groups in total. The molecule has 0 saturated heterocycles. The first-order valence-corrected chi connectivity index (χ1v) is 5.79. The van der Waals surface area contributed by atoms with Crippen molar-refractivity contribution in [1.29, 1.82) is 0 Å². The highest BCUT2D eigenvalue weighted by Crippen LogP contribution is 1.99. The van der Waals surface area contributed by atoms with E-state index in [0.717, 1.165) is 5.96 Å². The van der Waals surface area contributed by atoms with Crippen LogP contribution in [0, 0.1) is 12.8 Å². The number of hydrogen-bond donors (Lipinski definition) is 2. The van der Waals surface area contributed by atoms with Gasteiger partial charge in [0.1, 0.15) is 0 Å². The van der Waals surface area contributed by atoms with E-state index in [-0.39, 0.29) is 24.0 Å². The van der Waals surface area contributed by atoms with Crippen LogP contribution in [-0.4, -0.2) is 29.2 Å². The first kappa shape index (κ1) is 17.1. The lowest BCUT2D eigenvalue weighted by atomic mass is 10.1. The molecule has 1 atom stereocenters. The predicted molar refractivity (Wildman–Crippen MR) is 82.1 cm³/mol. The summed E-state index contributed by atoms with van der Waals surface area (Å²) < 4.78 is 4.89. The summed E-state index contributed by atoms with van der Waals surface area (Å²) in [4.78, 5) is 8.25. The van der Waals surface area contributed by atoms with Gasteiger partial charge < -0.3 is 15.2 Å². The molecule has 0 radical (unpaired) electrons. The van der Waals surface area contributed by atoms with Crippen LogP contribution in [0.15, 0.2) is 9.52 Å². The summed E-state index contributed by atoms with van der Waals surface area (Å²) in [7, 11) is 1.74. The van der Waals surface area contributed by atoms with Gasteiger partial charge in [-0.1, -0.05) is 19.0 Å². The fourth-order valence-electron chi connectivity index (χ4n) is 1.15. The van der Waals surface area contributed by atoms with Crippen LogP contribution < -0.4 is 10.6 Å². The second kappa shape index (κ2) is 8.28. The van der Waals surface area contributed by atoms with Crippen LogP contribution in [0.5, 0.6) is 0 Å². The number of hydrogen-bond acceptors (Lipinski definition) is 4. The van der Waals surface area contributed by atoms with E-state index in [1.807, 2.05) is 0 Å². The highest BCUT2D eigenvalue weighted by atomic mass is 127. The van der Waals surface area contributed by atoms with Crippen LogP contribution in [0.4, 0.5) is 0 Å². The molecule has 0 saturated carbocycles. The molecule has 0 fully saturated rings. The Balaban J connectivity index is 0.00000289. The van der Waals surface area contributed by atoms with Crippen LogP contribution >= 0.6 is 24.0 Å². The maximum Gasteiger partial charge on any atom is 0.223 e. The maximum atomic E-state index is 4.89. The third-order valence-electron chi connectivity index (χ3n) is 2.57. The Morgan fingerprint density at radius 3 is 2.50 bits per heavy atom. The minimum atomic E-state index is 0. The number of halogens is 1. The summed E-state index contributed by atoms with van der Waals surface area (Å²) >= 11 is 0. The van der Waals surface area contributed by atoms with Gasteiger partial charge in [-0.15, -0.1) is 24.0 Å². The first-order chi connectivity index (χ1) is 8.02. The molecule has 1 aromatic rings. The van der Waals surface area contributed by atoms with Crippen LogP contribution in [0.2, 0.25) is 0 Å². The summed E-state index contributed by atoms with van der Waals surface area (Å²) in [5.74, 6) is 2.48. The number of nitrogens with zero attached hydrogens (tertiary/aromatic N) is 3. The molecule has 6 nitrogen and oxygen atoms in total. The average molecular weight is 367 g/mol. The highest BCUT2D eigenvalue weighted by Gasteiger charge is 2.09. The van der Waals surface area contributed by atoms with Gasteiger partial charge in [-0.25, -0.2) is 0 Å². The van der Waals surface area contributed by atoms with Gasteiger partial charge in [0.15, 0.2) is 11.8 Å². The zero-order valence-corrected chi connectivity index (χ0v) is 13.9. The zero-order valence-electron chi connectivity index (χ0n) is 11.5. The molecule has 0 amide bonds. The topological polar surface area (TPSA) is 75.3 Å². The maximum absolute atomic E-state index is 4.89. The highest BCUT2D eigenvalue weighted by molar-refractivity contribution is 14.0. The monoisotopic (exact) mass is 367 g/mol. The van der Waals surface area contributed by atoms with Crippen molar-refractivity contribution in [2.45, 2.75) is 40.3 Å². The van der Waals surface area contributed by atoms with Crippen molar-refractivity contribution >= 4 is 29.9 Å². The Kier molecular flexibility index (Phi) is 7.88. The van der Waals surface area contributed by atoms with Crippen molar-refractivity contribution in [3.63, 3.8) is 0 Å². The standard InChI is InChI=1S/C11H21N5O.HI/c1-7(2)8(3)14-11(12-5)13-6-10-15-9(4)17-16-10;/h7-8H,6H2,1-5H3,(H2,12,13,14);1H. The molecule has 0 bridgehead atoms. The third-order valence-corrected chi connectivity index (χ3v) is 2.57. The van der Waals surface area contributed by atoms with Crippen molar-refractivity contribution in [3.05, 3.63) is 11.7 Å². The minimum Gasteiger partial charge on any atom is -0.354 e. The van der Waals surface area contributed by atoms with E-state index in [1.165, 1.54) is 0 Å². The lowest BCUT2D eigenvalue weighted by molar-refractivity contribution is 0.386. The summed E-state index contributed by atoms with van der Waals surface area (Å²) in [6, 6.07) is 0.355. The van der Waals surface area contributed by atoms with Crippen LogP contribution in [-0.2, 0) is 6.54 Å². The van der Waals surface area contributed by atoms with Crippen LogP contribution in [0.25, 0.3) is 0 Å². The lowest BCUT2D eigenvalue weighted by Gasteiger charge is -2.20. The van der Waals surface area contributed by atoms with Gasteiger partial charge in [0.25, 0.3) is 0 Å². The predicted octanol–water partition coefficient (Wildman–Crippen LogP) is 1.71. The van der Waals surface area contributed by atoms with Gasteiger partial charge in [0.05, 0.1) is 6.54 Å². The SMILES string of the molecule is CN=C(NCc1noc(C)n1)NC(C)C(C)C.I. The average Bonchev–Trinajstić information content (AvgIpc) is 2.69. The third kappa shape index (κ3) is 5.65. The molecule has 104 valence electrons. The Bertz CT molecular complexity index is 377.